The van der Waals surface area contributed by atoms with Crippen molar-refractivity contribution in [2.24, 2.45) is 0 Å². The molecule has 2 radical (unpaired) electrons. The molecule has 0 amide bonds. The van der Waals surface area contributed by atoms with Crippen molar-refractivity contribution in [3.05, 3.63) is 59.7 Å². The molecule has 3 aromatic heterocycles. The fourth-order valence-electron chi connectivity index (χ4n) is 3.00. The summed E-state index contributed by atoms with van der Waals surface area (Å²) < 4.78 is 21.7. The second-order valence-electron chi connectivity index (χ2n) is 5.97. The van der Waals surface area contributed by atoms with Crippen LogP contribution in [0.25, 0.3) is 5.82 Å². The molecule has 0 aliphatic heterocycles. The SMILES string of the molecule is CCCc1c([As])ncnc1C(C(=O)OCC)c1ccnn1-c1ncccc1F. The Morgan fingerprint density at radius 1 is 1.25 bits per heavy atom. The Morgan fingerprint density at radius 3 is 2.79 bits per heavy atom. The third kappa shape index (κ3) is 3.97. The molecular weight excluding hydrogens is 424 g/mol. The van der Waals surface area contributed by atoms with Crippen LogP contribution in [0.1, 0.15) is 43.1 Å². The average Bonchev–Trinajstić information content (AvgIpc) is 3.14. The van der Waals surface area contributed by atoms with E-state index in [2.05, 4.69) is 36.9 Å². The van der Waals surface area contributed by atoms with Crippen LogP contribution in [0.5, 0.6) is 0 Å². The molecule has 9 heteroatoms. The van der Waals surface area contributed by atoms with Gasteiger partial charge in [-0.2, -0.15) is 0 Å². The van der Waals surface area contributed by atoms with E-state index in [0.717, 1.165) is 16.5 Å². The Kier molecular flexibility index (Phi) is 6.52. The monoisotopic (exact) mass is 443 g/mol. The van der Waals surface area contributed by atoms with E-state index in [4.69, 9.17) is 4.74 Å². The normalized spacial score (nSPS) is 12.0. The Balaban J connectivity index is 2.20. The van der Waals surface area contributed by atoms with Crippen molar-refractivity contribution in [2.45, 2.75) is 32.6 Å². The zero-order valence-corrected chi connectivity index (χ0v) is 17.4. The summed E-state index contributed by atoms with van der Waals surface area (Å²) >= 11 is 2.40. The molecule has 3 aromatic rings. The standard InChI is InChI=1S/C19H19AsFN5O2/c1-3-6-12-16(23-11-24-17(12)20)15(19(27)28-4-2)14-8-10-25-26(14)18-13(21)7-5-9-22-18/h5,7-11,15H,3-4,6H2,1-2H3. The van der Waals surface area contributed by atoms with Crippen molar-refractivity contribution < 1.29 is 13.9 Å². The number of halogens is 1. The molecule has 0 aliphatic carbocycles. The van der Waals surface area contributed by atoms with Gasteiger partial charge in [-0.25, -0.2) is 0 Å². The van der Waals surface area contributed by atoms with Gasteiger partial charge < -0.3 is 0 Å². The molecule has 0 spiro atoms. The summed E-state index contributed by atoms with van der Waals surface area (Å²) in [5, 5.41) is 4.19. The molecule has 0 aliphatic rings. The summed E-state index contributed by atoms with van der Waals surface area (Å²) in [4.78, 5) is 25.6. The summed E-state index contributed by atoms with van der Waals surface area (Å²) in [6, 6.07) is 4.44. The van der Waals surface area contributed by atoms with Gasteiger partial charge in [0.2, 0.25) is 0 Å². The van der Waals surface area contributed by atoms with Gasteiger partial charge in [-0.05, 0) is 0 Å². The zero-order chi connectivity index (χ0) is 20.1. The predicted molar refractivity (Wildman–Crippen MR) is 101 cm³/mol. The van der Waals surface area contributed by atoms with Crippen LogP contribution in [0, 0.1) is 5.82 Å². The quantitative estimate of drug-likeness (QED) is 0.408. The van der Waals surface area contributed by atoms with Crippen molar-refractivity contribution in [3.63, 3.8) is 0 Å². The molecule has 0 N–H and O–H groups in total. The number of aromatic nitrogens is 5. The summed E-state index contributed by atoms with van der Waals surface area (Å²) in [6.07, 6.45) is 5.94. The molecule has 3 heterocycles. The topological polar surface area (TPSA) is 82.8 Å². The van der Waals surface area contributed by atoms with E-state index in [9.17, 15) is 9.18 Å². The molecule has 0 saturated heterocycles. The third-order valence-electron chi connectivity index (χ3n) is 4.16. The molecule has 7 nitrogen and oxygen atoms in total. The molecule has 1 unspecified atom stereocenters. The van der Waals surface area contributed by atoms with Crippen LogP contribution in [-0.2, 0) is 16.0 Å². The van der Waals surface area contributed by atoms with E-state index in [1.54, 1.807) is 13.0 Å². The van der Waals surface area contributed by atoms with Crippen LogP contribution in [-0.4, -0.2) is 54.2 Å². The first-order valence-electron chi connectivity index (χ1n) is 8.92. The molecule has 0 aromatic carbocycles. The minimum absolute atomic E-state index is 0.00963. The maximum absolute atomic E-state index is 14.3. The second kappa shape index (κ2) is 9.06. The van der Waals surface area contributed by atoms with Crippen molar-refractivity contribution in [1.82, 2.24) is 24.7 Å². The van der Waals surface area contributed by atoms with Crippen LogP contribution < -0.4 is 4.48 Å². The molecule has 0 saturated carbocycles. The van der Waals surface area contributed by atoms with Gasteiger partial charge in [-0.1, -0.05) is 0 Å². The first kappa shape index (κ1) is 20.1. The van der Waals surface area contributed by atoms with Gasteiger partial charge in [-0.3, -0.25) is 0 Å². The molecular formula is C19H19AsFN5O2. The van der Waals surface area contributed by atoms with Crippen molar-refractivity contribution >= 4 is 27.3 Å². The average molecular weight is 443 g/mol. The predicted octanol–water partition coefficient (Wildman–Crippen LogP) is 1.64. The summed E-state index contributed by atoms with van der Waals surface area (Å²) in [6.45, 7) is 3.99. The van der Waals surface area contributed by atoms with Gasteiger partial charge in [0, 0.05) is 0 Å². The van der Waals surface area contributed by atoms with Crippen molar-refractivity contribution in [1.29, 1.82) is 0 Å². The fourth-order valence-corrected chi connectivity index (χ4v) is 3.58. The number of carbonyl (C=O) groups excluding carboxylic acids is 1. The van der Waals surface area contributed by atoms with Crippen LogP contribution in [0.15, 0.2) is 36.9 Å². The Hall–Kier alpha value is -2.60. The number of hydrogen-bond donors (Lipinski definition) is 0. The minimum atomic E-state index is -0.878. The van der Waals surface area contributed by atoms with Crippen molar-refractivity contribution in [2.75, 3.05) is 6.61 Å². The Morgan fingerprint density at radius 2 is 2.07 bits per heavy atom. The second-order valence-corrected chi connectivity index (χ2v) is 6.86. The van der Waals surface area contributed by atoms with Crippen molar-refractivity contribution in [3.8, 4) is 5.82 Å². The van der Waals surface area contributed by atoms with Gasteiger partial charge >= 0.3 is 171 Å². The zero-order valence-electron chi connectivity index (χ0n) is 15.5. The first-order chi connectivity index (χ1) is 13.6. The molecule has 28 heavy (non-hydrogen) atoms. The molecule has 0 bridgehead atoms. The van der Waals surface area contributed by atoms with E-state index in [0.29, 0.717) is 17.8 Å². The van der Waals surface area contributed by atoms with Gasteiger partial charge in [0.05, 0.1) is 0 Å². The van der Waals surface area contributed by atoms with Gasteiger partial charge in [0.1, 0.15) is 0 Å². The number of carbonyl (C=O) groups is 1. The van der Waals surface area contributed by atoms with E-state index in [1.807, 2.05) is 6.92 Å². The number of esters is 1. The number of hydrogen-bond acceptors (Lipinski definition) is 6. The van der Waals surface area contributed by atoms with Crippen LogP contribution >= 0.6 is 0 Å². The van der Waals surface area contributed by atoms with E-state index < -0.39 is 17.7 Å². The van der Waals surface area contributed by atoms with Gasteiger partial charge in [0.25, 0.3) is 0 Å². The fraction of sp³-hybridized carbons (Fsp3) is 0.316. The van der Waals surface area contributed by atoms with Gasteiger partial charge in [0.15, 0.2) is 0 Å². The van der Waals surface area contributed by atoms with Gasteiger partial charge in [-0.15, -0.1) is 0 Å². The van der Waals surface area contributed by atoms with E-state index >= 15 is 0 Å². The number of nitrogens with zero attached hydrogens (tertiary/aromatic N) is 5. The van der Waals surface area contributed by atoms with Crippen LogP contribution in [0.2, 0.25) is 0 Å². The molecule has 1 atom stereocenters. The molecule has 0 fully saturated rings. The number of rotatable bonds is 7. The Labute approximate surface area is 170 Å². The summed E-state index contributed by atoms with van der Waals surface area (Å²) in [7, 11) is 0. The van der Waals surface area contributed by atoms with Crippen LogP contribution in [0.4, 0.5) is 4.39 Å². The third-order valence-corrected chi connectivity index (χ3v) is 4.97. The summed E-state index contributed by atoms with van der Waals surface area (Å²) in [5.41, 5.74) is 1.82. The number of pyridine rings is 1. The molecule has 144 valence electrons. The van der Waals surface area contributed by atoms with E-state index in [1.165, 1.54) is 35.5 Å². The maximum atomic E-state index is 14.3. The molecule has 3 rings (SSSR count). The first-order valence-corrected chi connectivity index (χ1v) is 9.86. The van der Waals surface area contributed by atoms with E-state index in [-0.39, 0.29) is 12.4 Å². The summed E-state index contributed by atoms with van der Waals surface area (Å²) in [5.74, 6) is -1.89. The number of ether oxygens (including phenoxy) is 1. The Bertz CT molecular complexity index is 978. The van der Waals surface area contributed by atoms with Crippen LogP contribution in [0.3, 0.4) is 0 Å².